The third kappa shape index (κ3) is 1.73. The van der Waals surface area contributed by atoms with Crippen LogP contribution in [0.2, 0.25) is 0 Å². The van der Waals surface area contributed by atoms with Crippen molar-refractivity contribution in [2.24, 2.45) is 17.3 Å². The minimum absolute atomic E-state index is 0.641. The molecule has 0 bridgehead atoms. The van der Waals surface area contributed by atoms with E-state index in [2.05, 4.69) is 18.7 Å². The molecule has 1 heteroatoms. The quantitative estimate of drug-likeness (QED) is 0.589. The van der Waals surface area contributed by atoms with Gasteiger partial charge in [-0.25, -0.2) is 0 Å². The van der Waals surface area contributed by atoms with Crippen molar-refractivity contribution < 1.29 is 0 Å². The van der Waals surface area contributed by atoms with Crippen LogP contribution in [0.15, 0.2) is 0 Å². The molecule has 2 aliphatic heterocycles. The number of hydrogen-bond acceptors (Lipinski definition) is 1. The standard InChI is InChI=1S/C14H25N/c1-14(2)7-5-12-11(10-14)6-9-15-8-3-4-13(12)15/h11-13H,3-10H2,1-2H3. The van der Waals surface area contributed by atoms with E-state index < -0.39 is 0 Å². The van der Waals surface area contributed by atoms with Gasteiger partial charge in [0.05, 0.1) is 0 Å². The van der Waals surface area contributed by atoms with Gasteiger partial charge in [0.25, 0.3) is 0 Å². The summed E-state index contributed by atoms with van der Waals surface area (Å²) in [6, 6.07) is 0.986. The van der Waals surface area contributed by atoms with E-state index in [0.29, 0.717) is 5.41 Å². The highest BCUT2D eigenvalue weighted by Gasteiger charge is 2.44. The fourth-order valence-electron chi connectivity index (χ4n) is 4.53. The van der Waals surface area contributed by atoms with Gasteiger partial charge >= 0.3 is 0 Å². The number of piperidine rings is 1. The van der Waals surface area contributed by atoms with Crippen molar-refractivity contribution in [1.82, 2.24) is 4.90 Å². The van der Waals surface area contributed by atoms with Crippen LogP contribution in [0.1, 0.15) is 52.4 Å². The summed E-state index contributed by atoms with van der Waals surface area (Å²) in [7, 11) is 0. The van der Waals surface area contributed by atoms with Crippen molar-refractivity contribution in [3.05, 3.63) is 0 Å². The largest absolute Gasteiger partial charge is 0.300 e. The first-order chi connectivity index (χ1) is 7.16. The molecule has 2 saturated heterocycles. The van der Waals surface area contributed by atoms with Gasteiger partial charge in [0.15, 0.2) is 0 Å². The Bertz CT molecular complexity index is 246. The lowest BCUT2D eigenvalue weighted by Gasteiger charge is -2.49. The highest BCUT2D eigenvalue weighted by molar-refractivity contribution is 4.97. The molecule has 3 atom stereocenters. The van der Waals surface area contributed by atoms with Crippen molar-refractivity contribution in [2.75, 3.05) is 13.1 Å². The summed E-state index contributed by atoms with van der Waals surface area (Å²) < 4.78 is 0. The molecule has 0 radical (unpaired) electrons. The average molecular weight is 207 g/mol. The summed E-state index contributed by atoms with van der Waals surface area (Å²) in [6.45, 7) is 7.76. The molecule has 0 aromatic rings. The molecule has 2 heterocycles. The van der Waals surface area contributed by atoms with E-state index in [1.165, 1.54) is 51.6 Å². The Hall–Kier alpha value is -0.0400. The van der Waals surface area contributed by atoms with Crippen LogP contribution in [0.25, 0.3) is 0 Å². The SMILES string of the molecule is CC1(C)CCC2C(CCN3CCCC23)C1. The topological polar surface area (TPSA) is 3.24 Å². The van der Waals surface area contributed by atoms with Crippen LogP contribution >= 0.6 is 0 Å². The molecule has 3 rings (SSSR count). The predicted octanol–water partition coefficient (Wildman–Crippen LogP) is 3.30. The third-order valence-corrected chi connectivity index (χ3v) is 5.27. The van der Waals surface area contributed by atoms with E-state index in [1.807, 2.05) is 0 Å². The van der Waals surface area contributed by atoms with Crippen molar-refractivity contribution in [3.8, 4) is 0 Å². The molecule has 0 N–H and O–H groups in total. The molecule has 0 aromatic carbocycles. The van der Waals surface area contributed by atoms with Gasteiger partial charge in [0.2, 0.25) is 0 Å². The van der Waals surface area contributed by atoms with Crippen LogP contribution in [0.5, 0.6) is 0 Å². The van der Waals surface area contributed by atoms with E-state index in [0.717, 1.165) is 17.9 Å². The predicted molar refractivity (Wildman–Crippen MR) is 63.8 cm³/mol. The Kier molecular flexibility index (Phi) is 2.35. The van der Waals surface area contributed by atoms with Gasteiger partial charge in [0.1, 0.15) is 0 Å². The van der Waals surface area contributed by atoms with E-state index >= 15 is 0 Å². The Morgan fingerprint density at radius 3 is 2.80 bits per heavy atom. The van der Waals surface area contributed by atoms with Crippen LogP contribution in [0, 0.1) is 17.3 Å². The Morgan fingerprint density at radius 2 is 1.93 bits per heavy atom. The van der Waals surface area contributed by atoms with Crippen LogP contribution < -0.4 is 0 Å². The van der Waals surface area contributed by atoms with E-state index in [9.17, 15) is 0 Å². The Balaban J connectivity index is 1.75. The highest BCUT2D eigenvalue weighted by Crippen LogP contribution is 2.49. The molecule has 1 aliphatic carbocycles. The molecule has 3 unspecified atom stereocenters. The lowest BCUT2D eigenvalue weighted by atomic mass is 9.62. The van der Waals surface area contributed by atoms with Crippen molar-refractivity contribution in [3.63, 3.8) is 0 Å². The maximum absolute atomic E-state index is 2.79. The van der Waals surface area contributed by atoms with E-state index in [-0.39, 0.29) is 0 Å². The van der Waals surface area contributed by atoms with E-state index in [4.69, 9.17) is 0 Å². The molecule has 1 saturated carbocycles. The van der Waals surface area contributed by atoms with Gasteiger partial charge < -0.3 is 4.90 Å². The zero-order valence-electron chi connectivity index (χ0n) is 10.3. The van der Waals surface area contributed by atoms with Crippen molar-refractivity contribution in [1.29, 1.82) is 0 Å². The maximum atomic E-state index is 2.79. The van der Waals surface area contributed by atoms with Crippen LogP contribution in [-0.2, 0) is 0 Å². The molecule has 3 fully saturated rings. The first-order valence-corrected chi connectivity index (χ1v) is 6.90. The summed E-state index contributed by atoms with van der Waals surface area (Å²) in [5.74, 6) is 2.13. The minimum Gasteiger partial charge on any atom is -0.300 e. The first kappa shape index (κ1) is 10.1. The van der Waals surface area contributed by atoms with Crippen molar-refractivity contribution in [2.45, 2.75) is 58.4 Å². The molecule has 0 amide bonds. The fourth-order valence-corrected chi connectivity index (χ4v) is 4.53. The van der Waals surface area contributed by atoms with Crippen LogP contribution in [0.4, 0.5) is 0 Å². The lowest BCUT2D eigenvalue weighted by Crippen LogP contribution is -2.48. The third-order valence-electron chi connectivity index (χ3n) is 5.27. The van der Waals surface area contributed by atoms with Gasteiger partial charge in [-0.2, -0.15) is 0 Å². The maximum Gasteiger partial charge on any atom is 0.0127 e. The minimum atomic E-state index is 0.641. The lowest BCUT2D eigenvalue weighted by molar-refractivity contribution is 0.0100. The summed E-state index contributed by atoms with van der Waals surface area (Å²) >= 11 is 0. The molecule has 3 aliphatic rings. The number of rotatable bonds is 0. The summed E-state index contributed by atoms with van der Waals surface area (Å²) in [6.07, 6.45) is 8.95. The van der Waals surface area contributed by atoms with Crippen molar-refractivity contribution >= 4 is 0 Å². The smallest absolute Gasteiger partial charge is 0.0127 e. The van der Waals surface area contributed by atoms with E-state index in [1.54, 1.807) is 0 Å². The Morgan fingerprint density at radius 1 is 1.07 bits per heavy atom. The van der Waals surface area contributed by atoms with Crippen LogP contribution in [0.3, 0.4) is 0 Å². The molecule has 1 nitrogen and oxygen atoms in total. The van der Waals surface area contributed by atoms with Gasteiger partial charge in [-0.3, -0.25) is 0 Å². The first-order valence-electron chi connectivity index (χ1n) is 6.90. The fraction of sp³-hybridized carbons (Fsp3) is 1.00. The molecule has 15 heavy (non-hydrogen) atoms. The monoisotopic (exact) mass is 207 g/mol. The second-order valence-corrected chi connectivity index (χ2v) is 6.87. The van der Waals surface area contributed by atoms with Gasteiger partial charge in [-0.1, -0.05) is 13.8 Å². The number of nitrogens with zero attached hydrogens (tertiary/aromatic N) is 1. The molecule has 86 valence electrons. The number of fused-ring (bicyclic) bond motifs is 3. The van der Waals surface area contributed by atoms with Gasteiger partial charge in [-0.15, -0.1) is 0 Å². The average Bonchev–Trinajstić information content (AvgIpc) is 2.63. The van der Waals surface area contributed by atoms with Gasteiger partial charge in [0, 0.05) is 6.04 Å². The normalized spacial score (nSPS) is 44.8. The number of hydrogen-bond donors (Lipinski definition) is 0. The zero-order valence-corrected chi connectivity index (χ0v) is 10.3. The second kappa shape index (κ2) is 3.48. The molecule has 0 aromatic heterocycles. The summed E-state index contributed by atoms with van der Waals surface area (Å²) in [4.78, 5) is 2.79. The zero-order chi connectivity index (χ0) is 10.5. The molecule has 0 spiro atoms. The molecular weight excluding hydrogens is 182 g/mol. The Labute approximate surface area is 94.2 Å². The van der Waals surface area contributed by atoms with Crippen LogP contribution in [-0.4, -0.2) is 24.0 Å². The summed E-state index contributed by atoms with van der Waals surface area (Å²) in [5, 5.41) is 0. The highest BCUT2D eigenvalue weighted by atomic mass is 15.2. The second-order valence-electron chi connectivity index (χ2n) is 6.87. The molecular formula is C14H25N. The van der Waals surface area contributed by atoms with Gasteiger partial charge in [-0.05, 0) is 68.9 Å². The summed E-state index contributed by atoms with van der Waals surface area (Å²) in [5.41, 5.74) is 0.641.